The van der Waals surface area contributed by atoms with E-state index in [0.29, 0.717) is 19.3 Å². The first-order chi connectivity index (χ1) is 17.8. The predicted octanol–water partition coefficient (Wildman–Crippen LogP) is 1.19. The van der Waals surface area contributed by atoms with Crippen LogP contribution in [0.15, 0.2) is 0 Å². The van der Waals surface area contributed by atoms with Gasteiger partial charge in [-0.25, -0.2) is 0 Å². The quantitative estimate of drug-likeness (QED) is 0.501. The maximum Gasteiger partial charge on any atom is 0.300 e. The van der Waals surface area contributed by atoms with Gasteiger partial charge in [-0.15, -0.1) is 0 Å². The molecule has 0 radical (unpaired) electrons. The Bertz CT molecular complexity index is 653. The summed E-state index contributed by atoms with van der Waals surface area (Å²) in [5, 5.41) is 7.42. The number of ether oxygens (including phenoxy) is 2. The second-order valence-corrected chi connectivity index (χ2v) is 9.49. The van der Waals surface area contributed by atoms with Crippen molar-refractivity contribution in [2.75, 3.05) is 99.9 Å². The Balaban J connectivity index is -0.000000443. The van der Waals surface area contributed by atoms with Crippen molar-refractivity contribution in [3.8, 4) is 0 Å². The number of nitrogens with zero attached hydrogens (tertiary/aromatic N) is 5. The molecule has 0 aromatic heterocycles. The van der Waals surface area contributed by atoms with Crippen LogP contribution in [0.4, 0.5) is 0 Å². The molecular weight excluding hydrogens is 506 g/mol. The van der Waals surface area contributed by atoms with Crippen LogP contribution in [0, 0.1) is 0 Å². The van der Waals surface area contributed by atoms with E-state index >= 15 is 0 Å². The Morgan fingerprint density at radius 1 is 0.667 bits per heavy atom. The molecule has 3 saturated heterocycles. The number of carboxylic acids is 1. The molecular formula is C27H57N5O7. The summed E-state index contributed by atoms with van der Waals surface area (Å²) in [6.45, 7) is 20.9. The van der Waals surface area contributed by atoms with Crippen LogP contribution in [0.2, 0.25) is 0 Å². The van der Waals surface area contributed by atoms with Crippen molar-refractivity contribution in [2.45, 2.75) is 55.0 Å². The van der Waals surface area contributed by atoms with Crippen LogP contribution in [0.3, 0.4) is 0 Å². The summed E-state index contributed by atoms with van der Waals surface area (Å²) in [5.74, 6) is -0.273. The van der Waals surface area contributed by atoms with Gasteiger partial charge in [0.25, 0.3) is 5.97 Å². The van der Waals surface area contributed by atoms with E-state index in [2.05, 4.69) is 35.4 Å². The summed E-state index contributed by atoms with van der Waals surface area (Å²) in [4.78, 5) is 51.7. The fraction of sp³-hybridized carbons (Fsp3) is 0.852. The normalized spacial score (nSPS) is 17.3. The third-order valence-electron chi connectivity index (χ3n) is 5.89. The zero-order valence-corrected chi connectivity index (χ0v) is 25.2. The molecule has 0 saturated carbocycles. The summed E-state index contributed by atoms with van der Waals surface area (Å²) < 4.78 is 9.31. The Morgan fingerprint density at radius 2 is 0.949 bits per heavy atom. The number of carbonyl (C=O) groups excluding carboxylic acids is 3. The zero-order valence-electron chi connectivity index (χ0n) is 25.2. The molecule has 12 heteroatoms. The Labute approximate surface area is 237 Å². The lowest BCUT2D eigenvalue weighted by Gasteiger charge is -2.36. The van der Waals surface area contributed by atoms with E-state index < -0.39 is 5.97 Å². The second kappa shape index (κ2) is 24.7. The van der Waals surface area contributed by atoms with E-state index in [9.17, 15) is 14.4 Å². The van der Waals surface area contributed by atoms with E-state index in [1.807, 2.05) is 9.80 Å². The number of aliphatic carboxylic acids is 1. The lowest BCUT2D eigenvalue weighted by Crippen LogP contribution is -2.50. The minimum Gasteiger partial charge on any atom is -0.481 e. The van der Waals surface area contributed by atoms with Crippen LogP contribution < -0.4 is 0 Å². The van der Waals surface area contributed by atoms with Gasteiger partial charge >= 0.3 is 0 Å². The average Bonchev–Trinajstić information content (AvgIpc) is 2.86. The highest BCUT2D eigenvalue weighted by Crippen LogP contribution is 2.05. The number of carboxylic acid groups (broad SMARTS) is 1. The average molecular weight is 564 g/mol. The van der Waals surface area contributed by atoms with Gasteiger partial charge < -0.3 is 34.2 Å². The fourth-order valence-corrected chi connectivity index (χ4v) is 3.55. The van der Waals surface area contributed by atoms with Gasteiger partial charge in [-0.2, -0.15) is 0 Å². The molecule has 12 nitrogen and oxygen atoms in total. The Kier molecular flexibility index (Phi) is 26.1. The van der Waals surface area contributed by atoms with Crippen molar-refractivity contribution in [1.29, 1.82) is 0 Å². The third-order valence-corrected chi connectivity index (χ3v) is 5.89. The van der Waals surface area contributed by atoms with E-state index in [0.717, 1.165) is 72.4 Å². The molecule has 232 valence electrons. The van der Waals surface area contributed by atoms with Crippen molar-refractivity contribution in [3.63, 3.8) is 0 Å². The first-order valence-corrected chi connectivity index (χ1v) is 13.1. The highest BCUT2D eigenvalue weighted by atomic mass is 16.5. The first kappa shape index (κ1) is 41.2. The molecule has 0 spiro atoms. The van der Waals surface area contributed by atoms with Gasteiger partial charge in [0.15, 0.2) is 0 Å². The molecule has 3 rings (SSSR count). The minimum atomic E-state index is -0.833. The molecule has 0 aromatic carbocycles. The summed E-state index contributed by atoms with van der Waals surface area (Å²) in [6, 6.07) is 0.610. The second-order valence-electron chi connectivity index (χ2n) is 9.49. The van der Waals surface area contributed by atoms with Crippen molar-refractivity contribution >= 4 is 23.7 Å². The molecule has 39 heavy (non-hydrogen) atoms. The van der Waals surface area contributed by atoms with E-state index in [1.165, 1.54) is 0 Å². The lowest BCUT2D eigenvalue weighted by molar-refractivity contribution is -0.134. The topological polar surface area (TPSA) is 123 Å². The zero-order chi connectivity index (χ0) is 29.7. The summed E-state index contributed by atoms with van der Waals surface area (Å²) in [7, 11) is 5.33. The van der Waals surface area contributed by atoms with Gasteiger partial charge in [-0.1, -0.05) is 7.43 Å². The lowest BCUT2D eigenvalue weighted by atomic mass is 10.2. The van der Waals surface area contributed by atoms with Crippen molar-refractivity contribution in [3.05, 3.63) is 0 Å². The number of hydrogen-bond donors (Lipinski definition) is 1. The van der Waals surface area contributed by atoms with Gasteiger partial charge in [-0.05, 0) is 20.9 Å². The molecule has 3 aliphatic rings. The maximum absolute atomic E-state index is 11.0. The maximum atomic E-state index is 11.0. The van der Waals surface area contributed by atoms with Crippen LogP contribution in [0.1, 0.15) is 49.0 Å². The summed E-state index contributed by atoms with van der Waals surface area (Å²) >= 11 is 0. The standard InChI is InChI=1S/C9H18N2O.C7H14N2O.C6H11NO2.C2H4O2.C2H6O.CH4/c1-8(2)10-4-6-11(7-5-10)9(3)12;1-7(10)9-5-3-8(2)4-6-9;1-6(8)7-2-4-9-5-3-7;1-2(3)4;1-3-2;/h8H,4-7H2,1-3H3;3-6H2,1-2H3;2-5H2,1H3;1H3,(H,3,4);1-2H3;1H4. The molecule has 3 fully saturated rings. The molecule has 1 N–H and O–H groups in total. The van der Waals surface area contributed by atoms with Crippen molar-refractivity contribution in [2.24, 2.45) is 0 Å². The number of methoxy groups -OCH3 is 1. The fourth-order valence-electron chi connectivity index (χ4n) is 3.55. The number of rotatable bonds is 1. The molecule has 3 heterocycles. The van der Waals surface area contributed by atoms with Gasteiger partial charge in [0.1, 0.15) is 0 Å². The highest BCUT2D eigenvalue weighted by molar-refractivity contribution is 5.74. The van der Waals surface area contributed by atoms with Crippen LogP contribution in [0.5, 0.6) is 0 Å². The number of morpholine rings is 1. The van der Waals surface area contributed by atoms with Crippen LogP contribution in [-0.4, -0.2) is 159 Å². The SMILES string of the molecule is C.CC(=O)N1CCN(C(C)C)CC1.CC(=O)N1CCN(C)CC1.CC(=O)N1CCOCC1.CC(=O)O.COC. The smallest absolute Gasteiger partial charge is 0.300 e. The van der Waals surface area contributed by atoms with Gasteiger partial charge in [0, 0.05) is 113 Å². The number of hydrogen-bond acceptors (Lipinski definition) is 8. The van der Waals surface area contributed by atoms with Crippen molar-refractivity contribution in [1.82, 2.24) is 24.5 Å². The van der Waals surface area contributed by atoms with Crippen LogP contribution in [-0.2, 0) is 28.7 Å². The minimum absolute atomic E-state index is 0. The van der Waals surface area contributed by atoms with E-state index in [4.69, 9.17) is 14.6 Å². The van der Waals surface area contributed by atoms with Crippen LogP contribution in [0.25, 0.3) is 0 Å². The largest absolute Gasteiger partial charge is 0.481 e. The summed E-state index contributed by atoms with van der Waals surface area (Å²) in [6.07, 6.45) is 0. The van der Waals surface area contributed by atoms with E-state index in [1.54, 1.807) is 39.9 Å². The number of likely N-dealkylation sites (N-methyl/N-ethyl adjacent to an activating group) is 1. The molecule has 0 aliphatic carbocycles. The van der Waals surface area contributed by atoms with E-state index in [-0.39, 0.29) is 25.1 Å². The van der Waals surface area contributed by atoms with Gasteiger partial charge in [0.05, 0.1) is 13.2 Å². The molecule has 3 aliphatic heterocycles. The monoisotopic (exact) mass is 563 g/mol. The third kappa shape index (κ3) is 23.3. The number of carbonyl (C=O) groups is 4. The Hall–Kier alpha value is -2.28. The van der Waals surface area contributed by atoms with Crippen molar-refractivity contribution < 1.29 is 33.8 Å². The first-order valence-electron chi connectivity index (χ1n) is 13.1. The van der Waals surface area contributed by atoms with Gasteiger partial charge in [0.2, 0.25) is 17.7 Å². The highest BCUT2D eigenvalue weighted by Gasteiger charge is 2.19. The molecule has 0 unspecified atom stereocenters. The molecule has 0 aromatic rings. The molecule has 0 atom stereocenters. The number of piperazine rings is 2. The summed E-state index contributed by atoms with van der Waals surface area (Å²) in [5.41, 5.74) is 0. The Morgan fingerprint density at radius 3 is 1.21 bits per heavy atom. The number of amides is 3. The molecule has 0 bridgehead atoms. The van der Waals surface area contributed by atoms with Gasteiger partial charge in [-0.3, -0.25) is 24.1 Å². The predicted molar refractivity (Wildman–Crippen MR) is 155 cm³/mol. The van der Waals surface area contributed by atoms with Crippen LogP contribution >= 0.6 is 0 Å². The molecule has 3 amide bonds.